The van der Waals surface area contributed by atoms with Crippen LogP contribution in [0.2, 0.25) is 0 Å². The van der Waals surface area contributed by atoms with E-state index in [1.807, 2.05) is 0 Å². The summed E-state index contributed by atoms with van der Waals surface area (Å²) in [5.41, 5.74) is -0.254. The zero-order valence-corrected chi connectivity index (χ0v) is 7.68. The highest BCUT2D eigenvalue weighted by Crippen LogP contribution is 2.04. The van der Waals surface area contributed by atoms with Gasteiger partial charge in [0, 0.05) is 19.2 Å². The number of hydrogen-bond acceptors (Lipinski definition) is 5. The highest BCUT2D eigenvalue weighted by Gasteiger charge is 2.06. The molecule has 78 valence electrons. The predicted octanol–water partition coefficient (Wildman–Crippen LogP) is -1.44. The third-order valence-corrected chi connectivity index (χ3v) is 1.73. The van der Waals surface area contributed by atoms with Gasteiger partial charge >= 0.3 is 0 Å². The molecule has 1 rings (SSSR count). The minimum atomic E-state index is -0.254. The van der Waals surface area contributed by atoms with Gasteiger partial charge in [-0.1, -0.05) is 0 Å². The van der Waals surface area contributed by atoms with Crippen LogP contribution in [0.4, 0.5) is 5.82 Å². The molecule has 0 aromatic carbocycles. The summed E-state index contributed by atoms with van der Waals surface area (Å²) in [7, 11) is 0. The molecule has 0 saturated heterocycles. The highest BCUT2D eigenvalue weighted by molar-refractivity contribution is 5.36. The standard InChI is InChI=1S/C8H13N3O3/c12-3-1-11(2-4-13)7-5-8(14)10-6-9-7/h5-6,12-13H,1-4H2,(H,9,10,14). The minimum absolute atomic E-state index is 0.0471. The van der Waals surface area contributed by atoms with Crippen LogP contribution in [0.25, 0.3) is 0 Å². The fourth-order valence-electron chi connectivity index (χ4n) is 1.11. The molecule has 1 aromatic rings. The van der Waals surface area contributed by atoms with Crippen LogP contribution in [-0.2, 0) is 0 Å². The molecular weight excluding hydrogens is 186 g/mol. The molecule has 0 radical (unpaired) electrons. The van der Waals surface area contributed by atoms with E-state index in [1.165, 1.54) is 12.4 Å². The summed E-state index contributed by atoms with van der Waals surface area (Å²) in [5.74, 6) is 0.455. The molecule has 6 nitrogen and oxygen atoms in total. The summed E-state index contributed by atoms with van der Waals surface area (Å²) >= 11 is 0. The highest BCUT2D eigenvalue weighted by atomic mass is 16.3. The number of nitrogens with one attached hydrogen (secondary N) is 1. The Balaban J connectivity index is 2.81. The van der Waals surface area contributed by atoms with Crippen molar-refractivity contribution in [3.05, 3.63) is 22.7 Å². The lowest BCUT2D eigenvalue weighted by Crippen LogP contribution is -2.31. The predicted molar refractivity (Wildman–Crippen MR) is 51.2 cm³/mol. The number of nitrogens with zero attached hydrogens (tertiary/aromatic N) is 2. The fourth-order valence-corrected chi connectivity index (χ4v) is 1.11. The normalized spacial score (nSPS) is 10.1. The number of hydrogen-bond donors (Lipinski definition) is 3. The summed E-state index contributed by atoms with van der Waals surface area (Å²) in [6.07, 6.45) is 1.29. The van der Waals surface area contributed by atoms with Gasteiger partial charge in [-0.05, 0) is 0 Å². The SMILES string of the molecule is O=c1cc(N(CCO)CCO)nc[nH]1. The van der Waals surface area contributed by atoms with E-state index in [0.29, 0.717) is 18.9 Å². The maximum absolute atomic E-state index is 11.0. The number of anilines is 1. The lowest BCUT2D eigenvalue weighted by molar-refractivity contribution is 0.280. The molecule has 0 saturated carbocycles. The maximum Gasteiger partial charge on any atom is 0.252 e. The van der Waals surface area contributed by atoms with Crippen LogP contribution in [0, 0.1) is 0 Å². The van der Waals surface area contributed by atoms with Crippen LogP contribution in [0.5, 0.6) is 0 Å². The minimum Gasteiger partial charge on any atom is -0.395 e. The molecule has 1 aromatic heterocycles. The average Bonchev–Trinajstić information content (AvgIpc) is 2.17. The van der Waals surface area contributed by atoms with Crippen LogP contribution in [0.3, 0.4) is 0 Å². The molecule has 0 spiro atoms. The van der Waals surface area contributed by atoms with Gasteiger partial charge in [0.1, 0.15) is 5.82 Å². The van der Waals surface area contributed by atoms with Crippen LogP contribution in [0.15, 0.2) is 17.2 Å². The van der Waals surface area contributed by atoms with Crippen molar-refractivity contribution in [3.63, 3.8) is 0 Å². The number of H-pyrrole nitrogens is 1. The van der Waals surface area contributed by atoms with E-state index in [0.717, 1.165) is 0 Å². The molecule has 6 heteroatoms. The lowest BCUT2D eigenvalue weighted by Gasteiger charge is -2.20. The Kier molecular flexibility index (Phi) is 4.09. The Bertz CT molecular complexity index is 320. The third-order valence-electron chi connectivity index (χ3n) is 1.73. The van der Waals surface area contributed by atoms with Crippen molar-refractivity contribution in [3.8, 4) is 0 Å². The van der Waals surface area contributed by atoms with Crippen molar-refractivity contribution in [2.45, 2.75) is 0 Å². The van der Waals surface area contributed by atoms with Crippen molar-refractivity contribution >= 4 is 5.82 Å². The average molecular weight is 199 g/mol. The van der Waals surface area contributed by atoms with Crippen LogP contribution in [0.1, 0.15) is 0 Å². The first-order valence-electron chi connectivity index (χ1n) is 4.29. The molecule has 0 aliphatic heterocycles. The van der Waals surface area contributed by atoms with Crippen molar-refractivity contribution in [1.82, 2.24) is 9.97 Å². The van der Waals surface area contributed by atoms with Crippen LogP contribution >= 0.6 is 0 Å². The monoisotopic (exact) mass is 199 g/mol. The van der Waals surface area contributed by atoms with Gasteiger partial charge in [0.25, 0.3) is 5.56 Å². The Labute approximate surface area is 80.8 Å². The molecule has 0 unspecified atom stereocenters. The Morgan fingerprint density at radius 1 is 1.36 bits per heavy atom. The number of aliphatic hydroxyl groups excluding tert-OH is 2. The first-order chi connectivity index (χ1) is 6.77. The molecule has 0 amide bonds. The number of aromatic nitrogens is 2. The Hall–Kier alpha value is -1.40. The topological polar surface area (TPSA) is 89.5 Å². The van der Waals surface area contributed by atoms with E-state index in [1.54, 1.807) is 4.90 Å². The van der Waals surface area contributed by atoms with Gasteiger partial charge in [-0.25, -0.2) is 4.98 Å². The lowest BCUT2D eigenvalue weighted by atomic mass is 10.4. The molecule has 0 fully saturated rings. The summed E-state index contributed by atoms with van der Waals surface area (Å²) < 4.78 is 0. The van der Waals surface area contributed by atoms with Crippen molar-refractivity contribution < 1.29 is 10.2 Å². The summed E-state index contributed by atoms with van der Waals surface area (Å²) in [5, 5.41) is 17.5. The van der Waals surface area contributed by atoms with E-state index < -0.39 is 0 Å². The second-order valence-corrected chi connectivity index (χ2v) is 2.70. The summed E-state index contributed by atoms with van der Waals surface area (Å²) in [4.78, 5) is 18.9. The molecular formula is C8H13N3O3. The zero-order valence-electron chi connectivity index (χ0n) is 7.68. The quantitative estimate of drug-likeness (QED) is 0.540. The summed E-state index contributed by atoms with van der Waals surface area (Å²) in [6.45, 7) is 0.594. The Morgan fingerprint density at radius 3 is 2.50 bits per heavy atom. The third kappa shape index (κ3) is 2.82. The molecule has 0 atom stereocenters. The molecule has 0 bridgehead atoms. The second-order valence-electron chi connectivity index (χ2n) is 2.70. The fraction of sp³-hybridized carbons (Fsp3) is 0.500. The van der Waals surface area contributed by atoms with Gasteiger partial charge in [0.05, 0.1) is 19.5 Å². The van der Waals surface area contributed by atoms with Gasteiger partial charge in [0.2, 0.25) is 0 Å². The molecule has 0 aliphatic rings. The van der Waals surface area contributed by atoms with E-state index in [9.17, 15) is 4.79 Å². The number of aromatic amines is 1. The second kappa shape index (κ2) is 5.36. The molecule has 0 aliphatic carbocycles. The number of rotatable bonds is 5. The largest absolute Gasteiger partial charge is 0.395 e. The van der Waals surface area contributed by atoms with Crippen molar-refractivity contribution in [1.29, 1.82) is 0 Å². The summed E-state index contributed by atoms with van der Waals surface area (Å²) in [6, 6.07) is 1.32. The zero-order chi connectivity index (χ0) is 10.4. The van der Waals surface area contributed by atoms with Gasteiger partial charge in [0.15, 0.2) is 0 Å². The van der Waals surface area contributed by atoms with Gasteiger partial charge in [-0.2, -0.15) is 0 Å². The van der Waals surface area contributed by atoms with Crippen LogP contribution < -0.4 is 10.5 Å². The first kappa shape index (κ1) is 10.7. The Morgan fingerprint density at radius 2 is 2.00 bits per heavy atom. The van der Waals surface area contributed by atoms with Gasteiger partial charge in [-0.3, -0.25) is 4.79 Å². The maximum atomic E-state index is 11.0. The van der Waals surface area contributed by atoms with Crippen LogP contribution in [-0.4, -0.2) is 46.5 Å². The molecule has 1 heterocycles. The van der Waals surface area contributed by atoms with Gasteiger partial charge < -0.3 is 20.1 Å². The van der Waals surface area contributed by atoms with E-state index in [-0.39, 0.29) is 18.8 Å². The number of aliphatic hydroxyl groups is 2. The smallest absolute Gasteiger partial charge is 0.252 e. The van der Waals surface area contributed by atoms with Gasteiger partial charge in [-0.15, -0.1) is 0 Å². The van der Waals surface area contributed by atoms with E-state index in [4.69, 9.17) is 10.2 Å². The van der Waals surface area contributed by atoms with Crippen molar-refractivity contribution in [2.24, 2.45) is 0 Å². The molecule has 14 heavy (non-hydrogen) atoms. The van der Waals surface area contributed by atoms with E-state index in [2.05, 4.69) is 9.97 Å². The first-order valence-corrected chi connectivity index (χ1v) is 4.29. The van der Waals surface area contributed by atoms with E-state index >= 15 is 0 Å². The molecule has 3 N–H and O–H groups in total. The van der Waals surface area contributed by atoms with Crippen molar-refractivity contribution in [2.75, 3.05) is 31.2 Å².